The van der Waals surface area contributed by atoms with E-state index in [1.165, 1.54) is 44.5 Å². The standard InChI is InChI=1S/C18H26N2/c1-3-17-16-10-19-9-14(16)11-20(17)18-7-6-13-5-4-12(2)8-15(13)18/h4-5,8,14,16-19H,3,6-7,9-11H2,1-2H3. The zero-order chi connectivity index (χ0) is 13.7. The Morgan fingerprint density at radius 3 is 3.05 bits per heavy atom. The fourth-order valence-corrected chi connectivity index (χ4v) is 5.00. The number of hydrogen-bond donors (Lipinski definition) is 1. The van der Waals surface area contributed by atoms with Gasteiger partial charge in [-0.1, -0.05) is 30.7 Å². The van der Waals surface area contributed by atoms with Crippen LogP contribution in [-0.2, 0) is 6.42 Å². The van der Waals surface area contributed by atoms with Crippen LogP contribution in [0, 0.1) is 18.8 Å². The van der Waals surface area contributed by atoms with E-state index in [1.807, 2.05) is 0 Å². The van der Waals surface area contributed by atoms with Gasteiger partial charge in [-0.15, -0.1) is 0 Å². The highest BCUT2D eigenvalue weighted by Gasteiger charge is 2.46. The zero-order valence-corrected chi connectivity index (χ0v) is 12.7. The summed E-state index contributed by atoms with van der Waals surface area (Å²) in [4.78, 5) is 2.86. The Bertz CT molecular complexity index is 510. The Kier molecular flexibility index (Phi) is 3.12. The van der Waals surface area contributed by atoms with Crippen molar-refractivity contribution in [3.05, 3.63) is 34.9 Å². The number of fused-ring (bicyclic) bond motifs is 2. The van der Waals surface area contributed by atoms with Crippen LogP contribution >= 0.6 is 0 Å². The predicted octanol–water partition coefficient (Wildman–Crippen LogP) is 2.91. The molecule has 0 bridgehead atoms. The van der Waals surface area contributed by atoms with Crippen LogP contribution in [0.2, 0.25) is 0 Å². The first-order valence-corrected chi connectivity index (χ1v) is 8.34. The molecule has 2 heterocycles. The van der Waals surface area contributed by atoms with Crippen molar-refractivity contribution in [2.45, 2.75) is 45.2 Å². The Hall–Kier alpha value is -0.860. The number of rotatable bonds is 2. The van der Waals surface area contributed by atoms with Crippen molar-refractivity contribution in [3.63, 3.8) is 0 Å². The first-order chi connectivity index (χ1) is 9.78. The van der Waals surface area contributed by atoms with Crippen molar-refractivity contribution >= 4 is 0 Å². The molecule has 20 heavy (non-hydrogen) atoms. The maximum absolute atomic E-state index is 3.60. The molecule has 2 heteroatoms. The first kappa shape index (κ1) is 12.8. The Balaban J connectivity index is 1.65. The quantitative estimate of drug-likeness (QED) is 0.889. The third-order valence-electron chi connectivity index (χ3n) is 5.92. The monoisotopic (exact) mass is 270 g/mol. The third-order valence-corrected chi connectivity index (χ3v) is 5.92. The molecule has 2 saturated heterocycles. The first-order valence-electron chi connectivity index (χ1n) is 8.34. The maximum atomic E-state index is 3.60. The Morgan fingerprint density at radius 1 is 1.30 bits per heavy atom. The van der Waals surface area contributed by atoms with Crippen molar-refractivity contribution < 1.29 is 0 Å². The van der Waals surface area contributed by atoms with Crippen molar-refractivity contribution in [2.75, 3.05) is 19.6 Å². The van der Waals surface area contributed by atoms with E-state index in [-0.39, 0.29) is 0 Å². The lowest BCUT2D eigenvalue weighted by Crippen LogP contribution is -2.37. The molecule has 4 rings (SSSR count). The highest BCUT2D eigenvalue weighted by atomic mass is 15.2. The van der Waals surface area contributed by atoms with Crippen LogP contribution in [0.1, 0.15) is 42.5 Å². The molecule has 0 spiro atoms. The second kappa shape index (κ2) is 4.85. The van der Waals surface area contributed by atoms with Crippen LogP contribution in [0.25, 0.3) is 0 Å². The van der Waals surface area contributed by atoms with Gasteiger partial charge in [0.2, 0.25) is 0 Å². The van der Waals surface area contributed by atoms with Crippen LogP contribution in [0.5, 0.6) is 0 Å². The molecule has 1 aromatic carbocycles. The Morgan fingerprint density at radius 2 is 2.20 bits per heavy atom. The van der Waals surface area contributed by atoms with Crippen molar-refractivity contribution in [2.24, 2.45) is 11.8 Å². The molecule has 2 fully saturated rings. The lowest BCUT2D eigenvalue weighted by molar-refractivity contribution is 0.154. The number of benzene rings is 1. The molecule has 4 unspecified atom stereocenters. The number of aryl methyl sites for hydroxylation is 2. The van der Waals surface area contributed by atoms with Crippen molar-refractivity contribution in [1.82, 2.24) is 10.2 Å². The van der Waals surface area contributed by atoms with Gasteiger partial charge in [0.15, 0.2) is 0 Å². The van der Waals surface area contributed by atoms with Crippen LogP contribution in [0.4, 0.5) is 0 Å². The minimum Gasteiger partial charge on any atom is -0.316 e. The van der Waals surface area contributed by atoms with Gasteiger partial charge in [0.1, 0.15) is 0 Å². The highest BCUT2D eigenvalue weighted by molar-refractivity contribution is 5.38. The molecule has 2 aliphatic heterocycles. The van der Waals surface area contributed by atoms with E-state index in [0.717, 1.165) is 17.9 Å². The summed E-state index contributed by atoms with van der Waals surface area (Å²) in [5.74, 6) is 1.79. The summed E-state index contributed by atoms with van der Waals surface area (Å²) in [5.41, 5.74) is 4.66. The molecule has 1 aliphatic carbocycles. The average molecular weight is 270 g/mol. The van der Waals surface area contributed by atoms with Gasteiger partial charge >= 0.3 is 0 Å². The average Bonchev–Trinajstić information content (AvgIpc) is 3.09. The van der Waals surface area contributed by atoms with Gasteiger partial charge in [-0.2, -0.15) is 0 Å². The van der Waals surface area contributed by atoms with E-state index in [4.69, 9.17) is 0 Å². The van der Waals surface area contributed by atoms with Crippen molar-refractivity contribution in [3.8, 4) is 0 Å². The number of hydrogen-bond acceptors (Lipinski definition) is 2. The van der Waals surface area contributed by atoms with E-state index in [0.29, 0.717) is 6.04 Å². The van der Waals surface area contributed by atoms with E-state index in [9.17, 15) is 0 Å². The normalized spacial score (nSPS) is 36.3. The number of nitrogens with one attached hydrogen (secondary N) is 1. The summed E-state index contributed by atoms with van der Waals surface area (Å²) in [6, 6.07) is 8.59. The van der Waals surface area contributed by atoms with Crippen LogP contribution in [0.15, 0.2) is 18.2 Å². The summed E-state index contributed by atoms with van der Waals surface area (Å²) in [5, 5.41) is 3.60. The van der Waals surface area contributed by atoms with Crippen molar-refractivity contribution in [1.29, 1.82) is 0 Å². The fourth-order valence-electron chi connectivity index (χ4n) is 5.00. The zero-order valence-electron chi connectivity index (χ0n) is 12.7. The van der Waals surface area contributed by atoms with Gasteiger partial charge in [0, 0.05) is 18.6 Å². The predicted molar refractivity (Wildman–Crippen MR) is 82.9 cm³/mol. The smallest absolute Gasteiger partial charge is 0.0357 e. The minimum absolute atomic E-state index is 0.695. The molecule has 0 saturated carbocycles. The molecule has 108 valence electrons. The molecule has 0 radical (unpaired) electrons. The lowest BCUT2D eigenvalue weighted by Gasteiger charge is -2.33. The van der Waals surface area contributed by atoms with Gasteiger partial charge < -0.3 is 5.32 Å². The van der Waals surface area contributed by atoms with E-state index in [1.54, 1.807) is 11.1 Å². The van der Waals surface area contributed by atoms with Gasteiger partial charge in [0.05, 0.1) is 0 Å². The van der Waals surface area contributed by atoms with E-state index in [2.05, 4.69) is 42.3 Å². The topological polar surface area (TPSA) is 15.3 Å². The van der Waals surface area contributed by atoms with Gasteiger partial charge in [0.25, 0.3) is 0 Å². The SMILES string of the molecule is CCC1C2CNCC2CN1C1CCc2ccc(C)cc21. The molecular weight excluding hydrogens is 244 g/mol. The summed E-state index contributed by atoms with van der Waals surface area (Å²) >= 11 is 0. The maximum Gasteiger partial charge on any atom is 0.0357 e. The molecule has 3 aliphatic rings. The summed E-state index contributed by atoms with van der Waals surface area (Å²) in [6.07, 6.45) is 3.92. The third kappa shape index (κ3) is 1.85. The van der Waals surface area contributed by atoms with Crippen LogP contribution in [0.3, 0.4) is 0 Å². The molecule has 1 N–H and O–H groups in total. The second-order valence-corrected chi connectivity index (χ2v) is 7.01. The van der Waals surface area contributed by atoms with Crippen LogP contribution < -0.4 is 5.32 Å². The molecule has 1 aromatic rings. The second-order valence-electron chi connectivity index (χ2n) is 7.01. The highest BCUT2D eigenvalue weighted by Crippen LogP contribution is 2.44. The Labute approximate surface area is 122 Å². The molecule has 2 nitrogen and oxygen atoms in total. The van der Waals surface area contributed by atoms with Gasteiger partial charge in [-0.3, -0.25) is 4.90 Å². The van der Waals surface area contributed by atoms with Gasteiger partial charge in [-0.05, 0) is 62.2 Å². The molecule has 0 aromatic heterocycles. The summed E-state index contributed by atoms with van der Waals surface area (Å²) in [7, 11) is 0. The van der Waals surface area contributed by atoms with Gasteiger partial charge in [-0.25, -0.2) is 0 Å². The van der Waals surface area contributed by atoms with E-state index < -0.39 is 0 Å². The number of nitrogens with zero attached hydrogens (tertiary/aromatic N) is 1. The molecular formula is C18H26N2. The summed E-state index contributed by atoms with van der Waals surface area (Å²) in [6.45, 7) is 8.41. The fraction of sp³-hybridized carbons (Fsp3) is 0.667. The largest absolute Gasteiger partial charge is 0.316 e. The summed E-state index contributed by atoms with van der Waals surface area (Å²) < 4.78 is 0. The minimum atomic E-state index is 0.695. The number of likely N-dealkylation sites (tertiary alicyclic amines) is 1. The lowest BCUT2D eigenvalue weighted by atomic mass is 9.92. The van der Waals surface area contributed by atoms with Crippen LogP contribution in [-0.4, -0.2) is 30.6 Å². The molecule has 4 atom stereocenters. The van der Waals surface area contributed by atoms with E-state index >= 15 is 0 Å². The molecule has 0 amide bonds.